The van der Waals surface area contributed by atoms with Crippen LogP contribution in [0.2, 0.25) is 0 Å². The van der Waals surface area contributed by atoms with Gasteiger partial charge in [0.15, 0.2) is 0 Å². The average Bonchev–Trinajstić information content (AvgIpc) is 3.21. The van der Waals surface area contributed by atoms with Crippen LogP contribution in [-0.2, 0) is 24.3 Å². The summed E-state index contributed by atoms with van der Waals surface area (Å²) in [7, 11) is 0. The fourth-order valence-electron chi connectivity index (χ4n) is 4.72. The molecule has 3 aliphatic rings. The predicted octanol–water partition coefficient (Wildman–Crippen LogP) is 1.00. The number of carbonyl (C=O) groups excluding carboxylic acids is 1. The number of likely N-dealkylation sites (tertiary alicyclic amines) is 1. The Hall–Kier alpha value is -2.70. The third kappa shape index (κ3) is 2.89. The number of rotatable bonds is 4. The second-order valence-corrected chi connectivity index (χ2v) is 8.39. The fraction of sp³-hybridized carbons (Fsp3) is 0.524. The Morgan fingerprint density at radius 3 is 2.54 bits per heavy atom. The minimum atomic E-state index is -0.507. The van der Waals surface area contributed by atoms with E-state index in [1.807, 2.05) is 35.2 Å². The van der Waals surface area contributed by atoms with Gasteiger partial charge in [0.05, 0.1) is 6.42 Å². The summed E-state index contributed by atoms with van der Waals surface area (Å²) in [5.41, 5.74) is 0.0437. The number of amides is 1. The Bertz CT molecular complexity index is 1020. The summed E-state index contributed by atoms with van der Waals surface area (Å²) >= 11 is 0. The van der Waals surface area contributed by atoms with Gasteiger partial charge in [-0.1, -0.05) is 36.8 Å². The van der Waals surface area contributed by atoms with Gasteiger partial charge in [-0.2, -0.15) is 5.10 Å². The molecule has 3 heterocycles. The zero-order valence-corrected chi connectivity index (χ0v) is 15.8. The monoisotopic (exact) mass is 380 g/mol. The molecule has 0 radical (unpaired) electrons. The zero-order valence-electron chi connectivity index (χ0n) is 15.8. The molecule has 1 saturated heterocycles. The summed E-state index contributed by atoms with van der Waals surface area (Å²) in [6.07, 6.45) is 3.77. The zero-order chi connectivity index (χ0) is 19.3. The molecule has 0 bridgehead atoms. The van der Waals surface area contributed by atoms with E-state index in [0.717, 1.165) is 18.4 Å². The Morgan fingerprint density at radius 1 is 1.04 bits per heavy atom. The van der Waals surface area contributed by atoms with Crippen molar-refractivity contribution in [3.8, 4) is 0 Å². The van der Waals surface area contributed by atoms with Crippen molar-refractivity contribution < 1.29 is 4.79 Å². The van der Waals surface area contributed by atoms with E-state index in [4.69, 9.17) is 0 Å². The van der Waals surface area contributed by atoms with Crippen molar-refractivity contribution in [2.75, 3.05) is 13.1 Å². The van der Waals surface area contributed by atoms with Crippen molar-refractivity contribution in [3.05, 3.63) is 62.4 Å². The summed E-state index contributed by atoms with van der Waals surface area (Å²) in [6, 6.07) is 9.75. The standard InChI is InChI=1S/C21H24N4O3/c26-18(9-14-5-2-1-3-6-14)23-11-16-12-24-19(17(16)13-23)22-25(21(28)20(24)27)10-15-7-4-8-15/h1-3,5-6,15-17H,4,7-13H2/t16-,17-/m1/s1. The maximum Gasteiger partial charge on any atom is 0.332 e. The fourth-order valence-corrected chi connectivity index (χ4v) is 4.72. The minimum Gasteiger partial charge on any atom is -0.341 e. The minimum absolute atomic E-state index is 0.0423. The highest BCUT2D eigenvalue weighted by Crippen LogP contribution is 2.37. The number of hydrogen-bond donors (Lipinski definition) is 0. The van der Waals surface area contributed by atoms with Crippen LogP contribution < -0.4 is 11.1 Å². The lowest BCUT2D eigenvalue weighted by Gasteiger charge is -2.25. The van der Waals surface area contributed by atoms with Crippen molar-refractivity contribution >= 4 is 5.91 Å². The topological polar surface area (TPSA) is 77.2 Å². The van der Waals surface area contributed by atoms with Crippen molar-refractivity contribution in [1.29, 1.82) is 0 Å². The molecule has 5 rings (SSSR count). The van der Waals surface area contributed by atoms with E-state index in [-0.39, 0.29) is 17.7 Å². The molecular formula is C21H24N4O3. The first-order chi connectivity index (χ1) is 13.6. The van der Waals surface area contributed by atoms with E-state index in [9.17, 15) is 14.4 Å². The molecule has 1 aromatic carbocycles. The molecule has 1 aromatic heterocycles. The quantitative estimate of drug-likeness (QED) is 0.742. The number of carbonyl (C=O) groups is 1. The number of fused-ring (bicyclic) bond motifs is 3. The van der Waals surface area contributed by atoms with Gasteiger partial charge >= 0.3 is 11.1 Å². The Balaban J connectivity index is 1.36. The van der Waals surface area contributed by atoms with E-state index in [2.05, 4.69) is 5.10 Å². The molecular weight excluding hydrogens is 356 g/mol. The van der Waals surface area contributed by atoms with Gasteiger partial charge in [0.2, 0.25) is 5.91 Å². The van der Waals surface area contributed by atoms with Crippen LogP contribution in [0.3, 0.4) is 0 Å². The van der Waals surface area contributed by atoms with Gasteiger partial charge in [-0.3, -0.25) is 19.0 Å². The molecule has 1 amide bonds. The van der Waals surface area contributed by atoms with Crippen LogP contribution in [0.25, 0.3) is 0 Å². The van der Waals surface area contributed by atoms with E-state index >= 15 is 0 Å². The van der Waals surface area contributed by atoms with Gasteiger partial charge in [-0.25, -0.2) is 4.68 Å². The lowest BCUT2D eigenvalue weighted by Crippen LogP contribution is -2.45. The Kier molecular flexibility index (Phi) is 4.18. The third-order valence-corrected chi connectivity index (χ3v) is 6.56. The summed E-state index contributed by atoms with van der Waals surface area (Å²) in [5, 5.41) is 4.59. The van der Waals surface area contributed by atoms with Gasteiger partial charge in [0.25, 0.3) is 0 Å². The van der Waals surface area contributed by atoms with Crippen LogP contribution in [0.1, 0.15) is 36.6 Å². The first kappa shape index (κ1) is 17.4. The SMILES string of the molecule is O=C(Cc1ccccc1)N1C[C@@H]2Cn3c(nn(CC4CCC4)c(=O)c3=O)[C@@H]2C1. The summed E-state index contributed by atoms with van der Waals surface area (Å²) in [5.74, 6) is 1.46. The van der Waals surface area contributed by atoms with Crippen LogP contribution in [0, 0.1) is 11.8 Å². The Morgan fingerprint density at radius 2 is 1.82 bits per heavy atom. The van der Waals surface area contributed by atoms with Crippen molar-refractivity contribution in [2.24, 2.45) is 11.8 Å². The predicted molar refractivity (Wildman–Crippen MR) is 103 cm³/mol. The maximum atomic E-state index is 12.7. The number of aromatic nitrogens is 3. The first-order valence-electron chi connectivity index (χ1n) is 10.1. The molecule has 2 fully saturated rings. The molecule has 28 heavy (non-hydrogen) atoms. The molecule has 0 N–H and O–H groups in total. The Labute approximate surface area is 162 Å². The van der Waals surface area contributed by atoms with Crippen molar-refractivity contribution in [2.45, 2.75) is 44.7 Å². The van der Waals surface area contributed by atoms with Gasteiger partial charge < -0.3 is 4.90 Å². The molecule has 2 aromatic rings. The average molecular weight is 380 g/mol. The van der Waals surface area contributed by atoms with E-state index < -0.39 is 11.1 Å². The highest BCUT2D eigenvalue weighted by Gasteiger charge is 2.44. The molecule has 7 nitrogen and oxygen atoms in total. The summed E-state index contributed by atoms with van der Waals surface area (Å²) in [4.78, 5) is 39.6. The highest BCUT2D eigenvalue weighted by molar-refractivity contribution is 5.79. The maximum absolute atomic E-state index is 12.7. The van der Waals surface area contributed by atoms with Crippen LogP contribution in [0.5, 0.6) is 0 Å². The van der Waals surface area contributed by atoms with Crippen LogP contribution in [-0.4, -0.2) is 38.2 Å². The van der Waals surface area contributed by atoms with E-state index in [1.54, 1.807) is 4.57 Å². The molecule has 2 aliphatic heterocycles. The molecule has 7 heteroatoms. The molecule has 1 aliphatic carbocycles. The van der Waals surface area contributed by atoms with Gasteiger partial charge in [0, 0.05) is 38.0 Å². The highest BCUT2D eigenvalue weighted by atomic mass is 16.2. The number of benzene rings is 1. The molecule has 0 unspecified atom stereocenters. The van der Waals surface area contributed by atoms with Crippen LogP contribution >= 0.6 is 0 Å². The van der Waals surface area contributed by atoms with Crippen molar-refractivity contribution in [1.82, 2.24) is 19.2 Å². The van der Waals surface area contributed by atoms with Crippen LogP contribution in [0.4, 0.5) is 0 Å². The normalized spacial score (nSPS) is 23.4. The smallest absolute Gasteiger partial charge is 0.332 e. The van der Waals surface area contributed by atoms with Gasteiger partial charge in [-0.15, -0.1) is 0 Å². The van der Waals surface area contributed by atoms with Crippen LogP contribution in [0.15, 0.2) is 39.9 Å². The molecule has 1 saturated carbocycles. The summed E-state index contributed by atoms with van der Waals surface area (Å²) in [6.45, 7) is 2.22. The number of nitrogens with zero attached hydrogens (tertiary/aromatic N) is 4. The molecule has 0 spiro atoms. The first-order valence-corrected chi connectivity index (χ1v) is 10.1. The lowest BCUT2D eigenvalue weighted by molar-refractivity contribution is -0.129. The summed E-state index contributed by atoms with van der Waals surface area (Å²) < 4.78 is 2.93. The lowest BCUT2D eigenvalue weighted by atomic mass is 9.85. The van der Waals surface area contributed by atoms with Crippen molar-refractivity contribution in [3.63, 3.8) is 0 Å². The molecule has 2 atom stereocenters. The van der Waals surface area contributed by atoms with E-state index in [0.29, 0.717) is 44.3 Å². The second kappa shape index (κ2) is 6.72. The molecule has 146 valence electrons. The second-order valence-electron chi connectivity index (χ2n) is 8.39. The number of hydrogen-bond acceptors (Lipinski definition) is 4. The van der Waals surface area contributed by atoms with Gasteiger partial charge in [-0.05, 0) is 24.3 Å². The van der Waals surface area contributed by atoms with E-state index in [1.165, 1.54) is 11.1 Å². The largest absolute Gasteiger partial charge is 0.341 e. The third-order valence-electron chi connectivity index (χ3n) is 6.56. The van der Waals surface area contributed by atoms with Gasteiger partial charge in [0.1, 0.15) is 5.82 Å².